The molecule has 0 aliphatic heterocycles. The first-order valence-electron chi connectivity index (χ1n) is 18.5. The number of fused-ring (bicyclic) bond motifs is 5. The monoisotopic (exact) mass is 607 g/mol. The minimum atomic E-state index is 0.188. The van der Waals surface area contributed by atoms with E-state index in [1.807, 2.05) is 0 Å². The molecule has 0 spiro atoms. The molecule has 7 N–H and O–H groups in total. The van der Waals surface area contributed by atoms with Gasteiger partial charge in [0, 0.05) is 25.2 Å². The minimum Gasteiger partial charge on any atom is -0.378 e. The number of nitrogens with one attached hydrogen (secondary N) is 1. The smallest absolute Gasteiger partial charge is 0.0637 e. The first-order valence-corrected chi connectivity index (χ1v) is 18.5. The summed E-state index contributed by atoms with van der Waals surface area (Å²) in [5.74, 6) is 3.94. The Morgan fingerprint density at radius 1 is 0.791 bits per heavy atom. The van der Waals surface area contributed by atoms with Crippen LogP contribution >= 0.6 is 0 Å². The molecule has 4 fully saturated rings. The molecule has 252 valence electrons. The topological polar surface area (TPSA) is 118 Å². The molecular formula is C36H70N4O3. The SMILES string of the molecule is CCCNCCC[C@@H](C)[C@H]1CC[C@H]2C3[C@H](OCCCN)CC4C[C@H](OCCCN)CC[C@]4(C)[C@H]3C[C@H](OCCCN)[C@]12C. The van der Waals surface area contributed by atoms with Crippen molar-refractivity contribution in [2.75, 3.05) is 52.5 Å². The van der Waals surface area contributed by atoms with E-state index in [0.29, 0.717) is 78.9 Å². The second kappa shape index (κ2) is 17.0. The fourth-order valence-electron chi connectivity index (χ4n) is 10.6. The summed E-state index contributed by atoms with van der Waals surface area (Å²) in [6, 6.07) is 0. The van der Waals surface area contributed by atoms with Crippen LogP contribution in [0, 0.1) is 46.3 Å². The van der Waals surface area contributed by atoms with Crippen molar-refractivity contribution < 1.29 is 14.2 Å². The Morgan fingerprint density at radius 2 is 1.49 bits per heavy atom. The van der Waals surface area contributed by atoms with Crippen LogP contribution in [0.4, 0.5) is 0 Å². The van der Waals surface area contributed by atoms with Crippen LogP contribution in [0.25, 0.3) is 0 Å². The number of nitrogens with two attached hydrogens (primary N) is 3. The molecule has 0 amide bonds. The molecule has 4 aliphatic rings. The maximum atomic E-state index is 6.99. The Morgan fingerprint density at radius 3 is 2.19 bits per heavy atom. The predicted molar refractivity (Wildman–Crippen MR) is 178 cm³/mol. The van der Waals surface area contributed by atoms with Gasteiger partial charge >= 0.3 is 0 Å². The quantitative estimate of drug-likeness (QED) is 0.144. The summed E-state index contributed by atoms with van der Waals surface area (Å²) in [6.45, 7) is 16.8. The van der Waals surface area contributed by atoms with Gasteiger partial charge in [0.2, 0.25) is 0 Å². The minimum absolute atomic E-state index is 0.188. The first-order chi connectivity index (χ1) is 20.8. The van der Waals surface area contributed by atoms with Crippen molar-refractivity contribution in [3.63, 3.8) is 0 Å². The fraction of sp³-hybridized carbons (Fsp3) is 1.00. The van der Waals surface area contributed by atoms with E-state index in [0.717, 1.165) is 58.6 Å². The molecule has 4 aliphatic carbocycles. The van der Waals surface area contributed by atoms with E-state index < -0.39 is 0 Å². The summed E-state index contributed by atoms with van der Waals surface area (Å²) in [5.41, 5.74) is 18.2. The van der Waals surface area contributed by atoms with E-state index in [2.05, 4.69) is 33.0 Å². The summed E-state index contributed by atoms with van der Waals surface area (Å²) in [6.07, 6.45) is 16.2. The fourth-order valence-corrected chi connectivity index (χ4v) is 10.6. The zero-order valence-electron chi connectivity index (χ0n) is 28.5. The van der Waals surface area contributed by atoms with Crippen LogP contribution in [-0.2, 0) is 14.2 Å². The molecule has 0 heterocycles. The first kappa shape index (κ1) is 35.6. The van der Waals surface area contributed by atoms with Gasteiger partial charge < -0.3 is 36.7 Å². The Hall–Kier alpha value is -0.280. The second-order valence-corrected chi connectivity index (χ2v) is 15.3. The van der Waals surface area contributed by atoms with E-state index in [1.165, 1.54) is 57.8 Å². The van der Waals surface area contributed by atoms with Gasteiger partial charge in [0.15, 0.2) is 0 Å². The molecule has 0 radical (unpaired) electrons. The lowest BCUT2D eigenvalue weighted by Crippen LogP contribution is -2.63. The van der Waals surface area contributed by atoms with Gasteiger partial charge in [-0.05, 0) is 157 Å². The van der Waals surface area contributed by atoms with Gasteiger partial charge in [-0.15, -0.1) is 0 Å². The highest BCUT2D eigenvalue weighted by Gasteiger charge is 2.66. The van der Waals surface area contributed by atoms with Gasteiger partial charge in [0.25, 0.3) is 0 Å². The Bertz CT molecular complexity index is 802. The third-order valence-corrected chi connectivity index (χ3v) is 12.9. The molecule has 7 nitrogen and oxygen atoms in total. The van der Waals surface area contributed by atoms with Gasteiger partial charge in [0.05, 0.1) is 18.3 Å². The predicted octanol–water partition coefficient (Wildman–Crippen LogP) is 5.48. The van der Waals surface area contributed by atoms with Crippen LogP contribution in [0.5, 0.6) is 0 Å². The zero-order valence-corrected chi connectivity index (χ0v) is 28.5. The van der Waals surface area contributed by atoms with Crippen molar-refractivity contribution in [2.24, 2.45) is 63.5 Å². The Kier molecular flexibility index (Phi) is 14.1. The van der Waals surface area contributed by atoms with Crippen molar-refractivity contribution in [1.82, 2.24) is 5.32 Å². The van der Waals surface area contributed by atoms with Gasteiger partial charge in [-0.3, -0.25) is 0 Å². The summed E-state index contributed by atoms with van der Waals surface area (Å²) < 4.78 is 20.3. The molecule has 0 aromatic heterocycles. The van der Waals surface area contributed by atoms with E-state index in [-0.39, 0.29) is 5.41 Å². The molecule has 0 aromatic rings. The van der Waals surface area contributed by atoms with Crippen LogP contribution < -0.4 is 22.5 Å². The van der Waals surface area contributed by atoms with Crippen LogP contribution in [0.1, 0.15) is 111 Å². The van der Waals surface area contributed by atoms with E-state index in [4.69, 9.17) is 31.4 Å². The number of ether oxygens (including phenoxy) is 3. The highest BCUT2D eigenvalue weighted by atomic mass is 16.5. The number of hydrogen-bond donors (Lipinski definition) is 4. The standard InChI is InChI=1S/C36H70N4O3/c1-5-18-40-19-6-10-26(2)29-11-12-30-34-31(25-33(36(29,30)4)43-22-9-17-39)35(3)14-13-28(41-20-7-15-37)23-27(35)24-32(34)42-21-8-16-38/h26-34,40H,5-25,37-39H2,1-4H3/t26-,27?,28-,29-,30+,31+,32-,33+,34?,35+,36-/m1/s1. The average Bonchev–Trinajstić information content (AvgIpc) is 3.36. The van der Waals surface area contributed by atoms with Crippen molar-refractivity contribution in [3.8, 4) is 0 Å². The summed E-state index contributed by atoms with van der Waals surface area (Å²) >= 11 is 0. The number of hydrogen-bond acceptors (Lipinski definition) is 7. The van der Waals surface area contributed by atoms with Gasteiger partial charge in [0.1, 0.15) is 0 Å². The second-order valence-electron chi connectivity index (χ2n) is 15.3. The highest BCUT2D eigenvalue weighted by molar-refractivity contribution is 5.15. The number of rotatable bonds is 19. The molecule has 4 saturated carbocycles. The average molecular weight is 607 g/mol. The van der Waals surface area contributed by atoms with E-state index in [9.17, 15) is 0 Å². The molecule has 43 heavy (non-hydrogen) atoms. The zero-order chi connectivity index (χ0) is 30.9. The molecule has 7 heteroatoms. The van der Waals surface area contributed by atoms with Crippen molar-refractivity contribution in [2.45, 2.75) is 129 Å². The maximum absolute atomic E-state index is 6.99. The normalized spacial score (nSPS) is 39.7. The van der Waals surface area contributed by atoms with Crippen LogP contribution in [-0.4, -0.2) is 70.9 Å². The third kappa shape index (κ3) is 8.00. The summed E-state index contributed by atoms with van der Waals surface area (Å²) in [4.78, 5) is 0. The molecular weight excluding hydrogens is 536 g/mol. The Balaban J connectivity index is 1.59. The van der Waals surface area contributed by atoms with E-state index >= 15 is 0 Å². The third-order valence-electron chi connectivity index (χ3n) is 12.9. The summed E-state index contributed by atoms with van der Waals surface area (Å²) in [7, 11) is 0. The van der Waals surface area contributed by atoms with Gasteiger partial charge in [-0.2, -0.15) is 0 Å². The van der Waals surface area contributed by atoms with Crippen molar-refractivity contribution >= 4 is 0 Å². The maximum Gasteiger partial charge on any atom is 0.0637 e. The van der Waals surface area contributed by atoms with Gasteiger partial charge in [-0.1, -0.05) is 27.7 Å². The highest BCUT2D eigenvalue weighted by Crippen LogP contribution is 2.69. The van der Waals surface area contributed by atoms with Crippen LogP contribution in [0.2, 0.25) is 0 Å². The van der Waals surface area contributed by atoms with E-state index in [1.54, 1.807) is 0 Å². The molecule has 11 atom stereocenters. The molecule has 4 rings (SSSR count). The Labute approximate surface area is 264 Å². The largest absolute Gasteiger partial charge is 0.378 e. The molecule has 0 saturated heterocycles. The van der Waals surface area contributed by atoms with Crippen molar-refractivity contribution in [3.05, 3.63) is 0 Å². The van der Waals surface area contributed by atoms with Crippen molar-refractivity contribution in [1.29, 1.82) is 0 Å². The summed E-state index contributed by atoms with van der Waals surface area (Å²) in [5, 5.41) is 3.63. The molecule has 0 aromatic carbocycles. The van der Waals surface area contributed by atoms with Crippen LogP contribution in [0.3, 0.4) is 0 Å². The lowest BCUT2D eigenvalue weighted by atomic mass is 9.43. The lowest BCUT2D eigenvalue weighted by Gasteiger charge is -2.65. The lowest BCUT2D eigenvalue weighted by molar-refractivity contribution is -0.227. The molecule has 2 unspecified atom stereocenters. The van der Waals surface area contributed by atoms with Crippen LogP contribution in [0.15, 0.2) is 0 Å². The molecule has 0 bridgehead atoms. The van der Waals surface area contributed by atoms with Gasteiger partial charge in [-0.25, -0.2) is 0 Å².